The quantitative estimate of drug-likeness (QED) is 0.0229. The SMILES string of the molecule is C#CCO[C@H]1[C@H]2O[C@H]3[C@H](O)[C@@H](OCC#C)[C@@H](O[C@H]4[C@H](O)[C@@H](OCC#C)[C@@H](O[C@H]5[C@H](O)[C@@H](OCC#C)[C@@H](O[C@H]6[C@H](O)[C@@H](OCC#C)[C@@H](O[C@H]7[C@H](O)[C@@H](OCC#C)[C@@H](O[C@H]8[C@H](O)[C@@H](OCC#C)[C@@H](O[C@@H]([C@@H]1O)[C@@H](CO[Si](C)(C)C(C)(C)C)O2)O[C@@H]8CO[Si](C)(C)C(C)(C)C)O[C@@H]7CO[Si](C)(C)C(C)(C)C)O[C@@H]6CO[Si](C)(C)C(C)(C)C)O[C@@H]5CO[Si](C)(C)C(C)(C)C)O[C@@H]4CO[Si](C)(C)C(C)(C)C)O[C@@H]3CO[Si](C)(C)C(C)(C)C. The molecule has 35 nitrogen and oxygen atoms in total. The predicted octanol–water partition coefficient (Wildman–Crippen LogP) is 10.6. The molecule has 14 bridgehead atoms. The standard InChI is InChI=1S/C105H182O35Si7/c1-43-50-113-85-71(106)78-64(57-120-141(29,30)99(8,9)10)127-92(85)134-79-65(58-121-142(31,32)100(11,12)13)128-94(86(72(79)107)114-51-44-2)136-81-67(60-123-144(35,36)102(17,18)19)130-96(88(74(81)109)116-53-46-4)138-83-69(62-125-146(39,40)104(23,24)25)132-98(90(76(83)111)118-55-48-6)140-84-70(63-126-147(41,42)105(26,27)28)133-97(91(77(84)112)119-56-49-7)139-82-68(61-124-145(37,38)103(20,21)22)131-95(89(75(82)110)117-54-47-5)137-80-66(59-122-143(33,34)101(14,15)16)129-93(135-78)87(73(80)108)115-52-45-3/h1-7,64-98,106-112H,50-63H2,8-42H3/t64-,65-,66-,67-,68-,69-,70-,71+,72+,73+,74+,75+,76+,77+,78-,79-,80-,81-,82-,83-,84-,85-,86-,87-,88-,89-,90-,91-,92-,93-,94-,95-,96-,97-,98-/m1/s1. The van der Waals surface area contributed by atoms with Gasteiger partial charge in [0.25, 0.3) is 0 Å². The fraction of sp³-hybridized carbons (Fsp3) is 0.867. The first-order chi connectivity index (χ1) is 67.7. The zero-order valence-corrected chi connectivity index (χ0v) is 101. The number of aliphatic hydroxyl groups is 7. The summed E-state index contributed by atoms with van der Waals surface area (Å²) in [5.41, 5.74) is 0. The summed E-state index contributed by atoms with van der Waals surface area (Å²) in [5, 5.41) is 93.2. The number of rotatable bonds is 35. The highest BCUT2D eigenvalue weighted by Crippen LogP contribution is 2.50. The van der Waals surface area contributed by atoms with Gasteiger partial charge in [0.15, 0.2) is 102 Å². The molecule has 147 heavy (non-hydrogen) atoms. The lowest BCUT2D eigenvalue weighted by Crippen LogP contribution is -2.69. The van der Waals surface area contributed by atoms with Gasteiger partial charge in [-0.3, -0.25) is 0 Å². The molecule has 0 saturated carbocycles. The number of hydrogen-bond acceptors (Lipinski definition) is 35. The second-order valence-electron chi connectivity index (χ2n) is 50.3. The summed E-state index contributed by atoms with van der Waals surface area (Å²) in [6.07, 6.45) is -16.1. The molecule has 0 spiro atoms. The average molecular weight is 2200 g/mol. The summed E-state index contributed by atoms with van der Waals surface area (Å²) >= 11 is 0. The van der Waals surface area contributed by atoms with E-state index in [1.807, 2.05) is 237 Å². The lowest BCUT2D eigenvalue weighted by molar-refractivity contribution is -0.400. The molecule has 0 aromatic rings. The van der Waals surface area contributed by atoms with E-state index in [2.05, 4.69) is 41.4 Å². The van der Waals surface area contributed by atoms with Gasteiger partial charge in [-0.2, -0.15) is 0 Å². The van der Waals surface area contributed by atoms with Crippen LogP contribution in [0.25, 0.3) is 0 Å². The second-order valence-corrected chi connectivity index (χ2v) is 84.0. The molecular formula is C105H182O35Si7. The summed E-state index contributed by atoms with van der Waals surface area (Å²) in [5.74, 6) is 17.6. The van der Waals surface area contributed by atoms with Crippen molar-refractivity contribution in [3.8, 4) is 86.4 Å². The van der Waals surface area contributed by atoms with Crippen LogP contribution in [0.2, 0.25) is 127 Å². The molecule has 15 fully saturated rings. The Morgan fingerprint density at radius 2 is 0.279 bits per heavy atom. The van der Waals surface area contributed by atoms with Crippen molar-refractivity contribution in [2.24, 2.45) is 0 Å². The van der Waals surface area contributed by atoms with E-state index < -0.39 is 355 Å². The lowest BCUT2D eigenvalue weighted by Gasteiger charge is -2.52. The molecule has 15 rings (SSSR count). The summed E-state index contributed by atoms with van der Waals surface area (Å²) in [4.78, 5) is 0. The number of fused-ring (bicyclic) bond motifs is 7. The van der Waals surface area contributed by atoms with E-state index in [1.165, 1.54) is 0 Å². The third-order valence-electron chi connectivity index (χ3n) is 32.8. The highest BCUT2D eigenvalue weighted by molar-refractivity contribution is 6.76. The fourth-order valence-corrected chi connectivity index (χ4v) is 23.1. The van der Waals surface area contributed by atoms with Gasteiger partial charge in [-0.25, -0.2) is 0 Å². The Labute approximate surface area is 885 Å². The van der Waals surface area contributed by atoms with E-state index in [1.54, 1.807) is 0 Å². The zero-order chi connectivity index (χ0) is 111. The minimum absolute atomic E-state index is 0.327. The van der Waals surface area contributed by atoms with Gasteiger partial charge in [0.2, 0.25) is 0 Å². The number of aliphatic hydroxyl groups excluding tert-OH is 7. The van der Waals surface area contributed by atoms with Crippen molar-refractivity contribution in [2.45, 2.75) is 487 Å². The van der Waals surface area contributed by atoms with Crippen LogP contribution in [0.15, 0.2) is 0 Å². The minimum Gasteiger partial charge on any atom is -0.414 e. The third-order valence-corrected chi connectivity index (χ3v) is 64.3. The summed E-state index contributed by atoms with van der Waals surface area (Å²) < 4.78 is 197. The lowest BCUT2D eigenvalue weighted by atomic mass is 9.95. The van der Waals surface area contributed by atoms with Gasteiger partial charge >= 0.3 is 0 Å². The highest BCUT2D eigenvalue weighted by Gasteiger charge is 2.64. The molecule has 15 aliphatic heterocycles. The van der Waals surface area contributed by atoms with E-state index in [0.29, 0.717) is 0 Å². The van der Waals surface area contributed by atoms with Gasteiger partial charge in [0, 0.05) is 0 Å². The third kappa shape index (κ3) is 32.0. The van der Waals surface area contributed by atoms with Crippen LogP contribution in [0.4, 0.5) is 0 Å². The van der Waals surface area contributed by atoms with Gasteiger partial charge in [0.1, 0.15) is 217 Å². The summed E-state index contributed by atoms with van der Waals surface area (Å²) in [7, 11) is -20.2. The molecule has 840 valence electrons. The first-order valence-electron chi connectivity index (χ1n) is 51.5. The molecular weight excluding hydrogens is 2020 g/mol. The second kappa shape index (κ2) is 52.2. The Bertz CT molecular complexity index is 3650. The molecule has 0 aromatic heterocycles. The number of ether oxygens (including phenoxy) is 21. The van der Waals surface area contributed by atoms with Crippen LogP contribution in [0.1, 0.15) is 145 Å². The summed E-state index contributed by atoms with van der Waals surface area (Å²) in [6, 6.07) is 0. The normalized spacial score (nSPS) is 36.0. The Hall–Kier alpha value is -2.96. The molecule has 42 heteroatoms. The van der Waals surface area contributed by atoms with Crippen molar-refractivity contribution in [3.05, 3.63) is 0 Å². The van der Waals surface area contributed by atoms with Crippen molar-refractivity contribution in [3.63, 3.8) is 0 Å². The molecule has 15 aliphatic rings. The predicted molar refractivity (Wildman–Crippen MR) is 569 cm³/mol. The smallest absolute Gasteiger partial charge is 0.192 e. The van der Waals surface area contributed by atoms with E-state index >= 15 is 0 Å². The van der Waals surface area contributed by atoms with Gasteiger partial charge in [-0.05, 0) is 127 Å². The average Bonchev–Trinajstić information content (AvgIpc) is 1.01. The van der Waals surface area contributed by atoms with Gasteiger partial charge in [0.05, 0.1) is 46.2 Å². The molecule has 0 unspecified atom stereocenters. The number of hydrogen-bond donors (Lipinski definition) is 7. The molecule has 15 heterocycles. The topological polar surface area (TPSA) is 400 Å². The molecule has 0 aromatic carbocycles. The Kier molecular flexibility index (Phi) is 45.9. The van der Waals surface area contributed by atoms with E-state index in [0.717, 1.165) is 0 Å². The van der Waals surface area contributed by atoms with E-state index in [9.17, 15) is 35.7 Å². The van der Waals surface area contributed by atoms with Crippen molar-refractivity contribution < 1.29 is 166 Å². The highest BCUT2D eigenvalue weighted by atomic mass is 28.4. The van der Waals surface area contributed by atoms with Crippen molar-refractivity contribution in [1.82, 2.24) is 0 Å². The number of terminal acetylenes is 7. The zero-order valence-electron chi connectivity index (χ0n) is 94.2. The Balaban J connectivity index is 1.47. The van der Waals surface area contributed by atoms with Gasteiger partial charge < -0.3 is 166 Å². The van der Waals surface area contributed by atoms with Gasteiger partial charge in [-0.1, -0.05) is 187 Å². The molecule has 0 amide bonds. The van der Waals surface area contributed by atoms with Crippen LogP contribution in [0, 0.1) is 86.4 Å². The van der Waals surface area contributed by atoms with Crippen LogP contribution < -0.4 is 0 Å². The Morgan fingerprint density at radius 3 is 0.361 bits per heavy atom. The monoisotopic (exact) mass is 2200 g/mol. The van der Waals surface area contributed by atoms with E-state index in [-0.39, 0.29) is 46.2 Å². The molecule has 0 radical (unpaired) electrons. The van der Waals surface area contributed by atoms with E-state index in [4.69, 9.17) is 175 Å². The van der Waals surface area contributed by atoms with Crippen LogP contribution in [-0.4, -0.2) is 401 Å². The van der Waals surface area contributed by atoms with Crippen molar-refractivity contribution in [1.29, 1.82) is 0 Å². The minimum atomic E-state index is -2.88. The molecule has 15 saturated heterocycles. The maximum absolute atomic E-state index is 13.8. The van der Waals surface area contributed by atoms with Crippen LogP contribution in [-0.2, 0) is 130 Å². The first kappa shape index (κ1) is 129. The maximum atomic E-state index is 13.8. The van der Waals surface area contributed by atoms with Crippen LogP contribution in [0.5, 0.6) is 0 Å². The van der Waals surface area contributed by atoms with Crippen LogP contribution in [0.3, 0.4) is 0 Å². The van der Waals surface area contributed by atoms with Crippen LogP contribution >= 0.6 is 0 Å². The molecule has 35 atom stereocenters. The van der Waals surface area contributed by atoms with Crippen molar-refractivity contribution in [2.75, 3.05) is 92.5 Å². The molecule has 7 N–H and O–H groups in total. The largest absolute Gasteiger partial charge is 0.414 e. The summed E-state index contributed by atoms with van der Waals surface area (Å²) in [6.45, 7) is 65.6. The van der Waals surface area contributed by atoms with Crippen molar-refractivity contribution >= 4 is 58.2 Å². The molecule has 0 aliphatic carbocycles. The maximum Gasteiger partial charge on any atom is 0.192 e. The first-order valence-corrected chi connectivity index (χ1v) is 71.8. The fourth-order valence-electron chi connectivity index (χ4n) is 16.0. The van der Waals surface area contributed by atoms with Gasteiger partial charge in [-0.15, -0.1) is 45.0 Å². The Morgan fingerprint density at radius 1 is 0.184 bits per heavy atom.